The molecule has 0 saturated heterocycles. The molecule has 4 heteroatoms. The number of nitrogens with zero attached hydrogens (tertiary/aromatic N) is 1. The van der Waals surface area contributed by atoms with E-state index in [4.69, 9.17) is 10.00 Å². The third-order valence-electron chi connectivity index (χ3n) is 3.14. The van der Waals surface area contributed by atoms with Gasteiger partial charge in [-0.25, -0.2) is 0 Å². The smallest absolute Gasteiger partial charge is 0.248 e. The molecule has 0 atom stereocenters. The Kier molecular flexibility index (Phi) is 5.96. The van der Waals surface area contributed by atoms with Gasteiger partial charge in [-0.05, 0) is 36.8 Å². The maximum atomic E-state index is 12.0. The number of hydrogen-bond donors (Lipinski definition) is 1. The Morgan fingerprint density at radius 1 is 1.22 bits per heavy atom. The largest absolute Gasteiger partial charge is 0.493 e. The van der Waals surface area contributed by atoms with Crippen LogP contribution in [-0.4, -0.2) is 12.5 Å². The van der Waals surface area contributed by atoms with Crippen molar-refractivity contribution < 1.29 is 9.53 Å². The number of nitriles is 1. The second kappa shape index (κ2) is 8.40. The summed E-state index contributed by atoms with van der Waals surface area (Å²) in [4.78, 5) is 12.0. The van der Waals surface area contributed by atoms with Gasteiger partial charge in [0, 0.05) is 17.3 Å². The van der Waals surface area contributed by atoms with Gasteiger partial charge in [0.2, 0.25) is 5.91 Å². The van der Waals surface area contributed by atoms with Gasteiger partial charge in [0.25, 0.3) is 0 Å². The number of carbonyl (C=O) groups is 1. The summed E-state index contributed by atoms with van der Waals surface area (Å²) in [6.07, 6.45) is 3.56. The van der Waals surface area contributed by atoms with E-state index in [0.717, 1.165) is 16.9 Å². The lowest BCUT2D eigenvalue weighted by molar-refractivity contribution is -0.111. The summed E-state index contributed by atoms with van der Waals surface area (Å²) >= 11 is 0. The number of nitrogens with one attached hydrogen (secondary N) is 1. The minimum absolute atomic E-state index is 0.218. The van der Waals surface area contributed by atoms with Crippen LogP contribution in [0.25, 0.3) is 6.08 Å². The molecule has 0 aromatic heterocycles. The molecule has 0 aliphatic rings. The number of benzene rings is 2. The number of hydrogen-bond acceptors (Lipinski definition) is 3. The molecule has 4 nitrogen and oxygen atoms in total. The van der Waals surface area contributed by atoms with Crippen molar-refractivity contribution in [2.24, 2.45) is 0 Å². The molecular weight excluding hydrogens is 288 g/mol. The Morgan fingerprint density at radius 3 is 2.65 bits per heavy atom. The van der Waals surface area contributed by atoms with Crippen LogP contribution in [0, 0.1) is 11.3 Å². The van der Waals surface area contributed by atoms with E-state index < -0.39 is 0 Å². The van der Waals surface area contributed by atoms with E-state index in [9.17, 15) is 4.79 Å². The molecule has 0 heterocycles. The number of ether oxygens (including phenoxy) is 1. The zero-order chi connectivity index (χ0) is 16.5. The van der Waals surface area contributed by atoms with E-state index in [0.29, 0.717) is 18.7 Å². The Hall–Kier alpha value is -3.06. The summed E-state index contributed by atoms with van der Waals surface area (Å²) in [6.45, 7) is 2.50. The monoisotopic (exact) mass is 306 g/mol. The molecule has 1 amide bonds. The van der Waals surface area contributed by atoms with Crippen LogP contribution in [0.3, 0.4) is 0 Å². The van der Waals surface area contributed by atoms with Crippen LogP contribution >= 0.6 is 0 Å². The molecule has 2 rings (SSSR count). The highest BCUT2D eigenvalue weighted by Gasteiger charge is 2.01. The van der Waals surface area contributed by atoms with Gasteiger partial charge in [-0.15, -0.1) is 0 Å². The van der Waals surface area contributed by atoms with Crippen LogP contribution in [0.4, 0.5) is 5.69 Å². The fraction of sp³-hybridized carbons (Fsp3) is 0.158. The summed E-state index contributed by atoms with van der Waals surface area (Å²) in [5.74, 6) is 0.532. The molecule has 0 spiro atoms. The molecule has 23 heavy (non-hydrogen) atoms. The summed E-state index contributed by atoms with van der Waals surface area (Å²) in [6, 6.07) is 16.9. The second-order valence-corrected chi connectivity index (χ2v) is 4.83. The van der Waals surface area contributed by atoms with Gasteiger partial charge in [-0.2, -0.15) is 5.26 Å². The fourth-order valence-electron chi connectivity index (χ4n) is 2.05. The zero-order valence-corrected chi connectivity index (χ0v) is 13.0. The molecule has 0 saturated carbocycles. The molecule has 0 radical (unpaired) electrons. The van der Waals surface area contributed by atoms with Gasteiger partial charge in [0.05, 0.1) is 19.1 Å². The Morgan fingerprint density at radius 2 is 1.96 bits per heavy atom. The molecule has 0 unspecified atom stereocenters. The number of para-hydroxylation sites is 1. The molecule has 0 fully saturated rings. The predicted molar refractivity (Wildman–Crippen MR) is 91.0 cm³/mol. The van der Waals surface area contributed by atoms with Crippen LogP contribution in [0.15, 0.2) is 54.6 Å². The van der Waals surface area contributed by atoms with Crippen LogP contribution in [0.5, 0.6) is 5.75 Å². The van der Waals surface area contributed by atoms with Gasteiger partial charge in [0.15, 0.2) is 0 Å². The quantitative estimate of drug-likeness (QED) is 0.826. The lowest BCUT2D eigenvalue weighted by Gasteiger charge is -2.06. The number of anilines is 1. The first-order valence-corrected chi connectivity index (χ1v) is 7.39. The van der Waals surface area contributed by atoms with Crippen molar-refractivity contribution in [3.05, 3.63) is 65.7 Å². The average Bonchev–Trinajstić information content (AvgIpc) is 2.56. The van der Waals surface area contributed by atoms with Crippen LogP contribution in [-0.2, 0) is 11.2 Å². The summed E-state index contributed by atoms with van der Waals surface area (Å²) in [5.41, 5.74) is 2.47. The van der Waals surface area contributed by atoms with Gasteiger partial charge in [-0.3, -0.25) is 4.79 Å². The molecule has 2 aromatic carbocycles. The van der Waals surface area contributed by atoms with Crippen molar-refractivity contribution in [1.82, 2.24) is 0 Å². The van der Waals surface area contributed by atoms with E-state index in [1.54, 1.807) is 18.2 Å². The van der Waals surface area contributed by atoms with E-state index in [1.807, 2.05) is 43.3 Å². The highest BCUT2D eigenvalue weighted by molar-refractivity contribution is 6.02. The first-order chi connectivity index (χ1) is 11.2. The van der Waals surface area contributed by atoms with E-state index >= 15 is 0 Å². The first kappa shape index (κ1) is 16.3. The van der Waals surface area contributed by atoms with E-state index in [2.05, 4.69) is 11.4 Å². The van der Waals surface area contributed by atoms with Crippen LogP contribution in [0.2, 0.25) is 0 Å². The summed E-state index contributed by atoms with van der Waals surface area (Å²) < 4.78 is 5.51. The van der Waals surface area contributed by atoms with E-state index in [1.165, 1.54) is 6.08 Å². The lowest BCUT2D eigenvalue weighted by Crippen LogP contribution is -2.07. The Labute approximate surface area is 136 Å². The van der Waals surface area contributed by atoms with Crippen molar-refractivity contribution in [2.45, 2.75) is 13.3 Å². The topological polar surface area (TPSA) is 62.1 Å². The number of amides is 1. The highest BCUT2D eigenvalue weighted by atomic mass is 16.5. The van der Waals surface area contributed by atoms with Crippen molar-refractivity contribution in [1.29, 1.82) is 5.26 Å². The third kappa shape index (κ3) is 5.01. The minimum Gasteiger partial charge on any atom is -0.493 e. The molecule has 0 bridgehead atoms. The van der Waals surface area contributed by atoms with Crippen molar-refractivity contribution in [3.8, 4) is 11.8 Å². The Bertz CT molecular complexity index is 728. The third-order valence-corrected chi connectivity index (χ3v) is 3.14. The van der Waals surface area contributed by atoms with Gasteiger partial charge < -0.3 is 10.1 Å². The molecule has 116 valence electrons. The maximum Gasteiger partial charge on any atom is 0.248 e. The molecule has 0 aliphatic heterocycles. The molecular formula is C19H18N2O2. The number of rotatable bonds is 6. The first-order valence-electron chi connectivity index (χ1n) is 7.39. The van der Waals surface area contributed by atoms with Gasteiger partial charge >= 0.3 is 0 Å². The van der Waals surface area contributed by atoms with Gasteiger partial charge in [-0.1, -0.05) is 30.3 Å². The van der Waals surface area contributed by atoms with Crippen LogP contribution in [0.1, 0.15) is 18.1 Å². The zero-order valence-electron chi connectivity index (χ0n) is 13.0. The van der Waals surface area contributed by atoms with Crippen molar-refractivity contribution >= 4 is 17.7 Å². The normalized spacial score (nSPS) is 10.3. The highest BCUT2D eigenvalue weighted by Crippen LogP contribution is 2.19. The second-order valence-electron chi connectivity index (χ2n) is 4.83. The average molecular weight is 306 g/mol. The lowest BCUT2D eigenvalue weighted by atomic mass is 10.1. The fourth-order valence-corrected chi connectivity index (χ4v) is 2.05. The van der Waals surface area contributed by atoms with Crippen molar-refractivity contribution in [3.63, 3.8) is 0 Å². The molecule has 1 N–H and O–H groups in total. The van der Waals surface area contributed by atoms with E-state index in [-0.39, 0.29) is 5.91 Å². The summed E-state index contributed by atoms with van der Waals surface area (Å²) in [7, 11) is 0. The predicted octanol–water partition coefficient (Wildman–Crippen LogP) is 3.80. The molecule has 0 aliphatic carbocycles. The Balaban J connectivity index is 2.00. The van der Waals surface area contributed by atoms with Crippen molar-refractivity contribution in [2.75, 3.05) is 11.9 Å². The maximum absolute atomic E-state index is 12.0. The minimum atomic E-state index is -0.218. The SMILES string of the molecule is CCOc1ccccc1/C=C/C(=O)Nc1ccc(CC#N)cc1. The standard InChI is InChI=1S/C19H18N2O2/c1-2-23-18-6-4-3-5-16(18)9-12-19(22)21-17-10-7-15(8-11-17)13-14-20/h3-12H,2,13H2,1H3,(H,21,22)/b12-9+. The van der Waals surface area contributed by atoms with Gasteiger partial charge in [0.1, 0.15) is 5.75 Å². The van der Waals surface area contributed by atoms with Crippen LogP contribution < -0.4 is 10.1 Å². The molecule has 2 aromatic rings. The summed E-state index contributed by atoms with van der Waals surface area (Å²) in [5, 5.41) is 11.4. The number of carbonyl (C=O) groups excluding carboxylic acids is 1.